The van der Waals surface area contributed by atoms with Gasteiger partial charge in [-0.1, -0.05) is 49.4 Å². The summed E-state index contributed by atoms with van der Waals surface area (Å²) in [6, 6.07) is 14.3. The first kappa shape index (κ1) is 17.5. The zero-order chi connectivity index (χ0) is 17.7. The second-order valence-electron chi connectivity index (χ2n) is 5.67. The number of non-ortho nitro benzene ring substituents is 1. The van der Waals surface area contributed by atoms with Crippen LogP contribution in [0.4, 0.5) is 5.69 Å². The first-order valence-electron chi connectivity index (χ1n) is 7.80. The Morgan fingerprint density at radius 1 is 1.17 bits per heavy atom. The summed E-state index contributed by atoms with van der Waals surface area (Å²) < 4.78 is 6.03. The van der Waals surface area contributed by atoms with Gasteiger partial charge in [0, 0.05) is 23.3 Å². The number of rotatable bonds is 6. The number of hydrogen-bond acceptors (Lipinski definition) is 3. The van der Waals surface area contributed by atoms with Crippen molar-refractivity contribution in [2.45, 2.75) is 27.2 Å². The van der Waals surface area contributed by atoms with Gasteiger partial charge in [0.15, 0.2) is 0 Å². The second kappa shape index (κ2) is 7.59. The van der Waals surface area contributed by atoms with Gasteiger partial charge in [0.05, 0.1) is 4.92 Å². The van der Waals surface area contributed by atoms with E-state index in [0.717, 1.165) is 23.1 Å². The van der Waals surface area contributed by atoms with Crippen LogP contribution in [-0.2, 0) is 4.74 Å². The van der Waals surface area contributed by atoms with Crippen molar-refractivity contribution >= 4 is 17.2 Å². The summed E-state index contributed by atoms with van der Waals surface area (Å²) in [7, 11) is 0. The Kier molecular flexibility index (Phi) is 5.53. The van der Waals surface area contributed by atoms with Gasteiger partial charge in [0.1, 0.15) is 11.5 Å². The minimum atomic E-state index is -0.405. The molecule has 0 bridgehead atoms. The van der Waals surface area contributed by atoms with Gasteiger partial charge < -0.3 is 4.74 Å². The number of nitrogens with zero attached hydrogens (tertiary/aromatic N) is 1. The molecule has 0 atom stereocenters. The molecule has 124 valence electrons. The van der Waals surface area contributed by atoms with Crippen LogP contribution < -0.4 is 0 Å². The predicted octanol–water partition coefficient (Wildman–Crippen LogP) is 5.73. The Morgan fingerprint density at radius 2 is 1.83 bits per heavy atom. The fraction of sp³-hybridized carbons (Fsp3) is 0.200. The van der Waals surface area contributed by atoms with E-state index in [1.807, 2.05) is 51.1 Å². The highest BCUT2D eigenvalue weighted by Crippen LogP contribution is 2.30. The number of benzene rings is 2. The summed E-state index contributed by atoms with van der Waals surface area (Å²) in [4.78, 5) is 10.6. The summed E-state index contributed by atoms with van der Waals surface area (Å²) in [6.45, 7) is 10.00. The third-order valence-corrected chi connectivity index (χ3v) is 3.80. The monoisotopic (exact) mass is 323 g/mol. The van der Waals surface area contributed by atoms with Crippen LogP contribution in [-0.4, -0.2) is 4.92 Å². The molecule has 0 N–H and O–H groups in total. The highest BCUT2D eigenvalue weighted by molar-refractivity contribution is 5.71. The summed E-state index contributed by atoms with van der Waals surface area (Å²) in [6.07, 6.45) is 0.777. The quantitative estimate of drug-likeness (QED) is 0.387. The van der Waals surface area contributed by atoms with Gasteiger partial charge in [-0.2, -0.15) is 0 Å². The molecule has 0 spiro atoms. The van der Waals surface area contributed by atoms with Gasteiger partial charge in [-0.3, -0.25) is 10.1 Å². The van der Waals surface area contributed by atoms with Crippen molar-refractivity contribution in [2.24, 2.45) is 0 Å². The SMILES string of the molecule is C=C(O/C(=C(\C)CC)c1cccc([N+](=O)[O-])c1)c1cccc(C)c1. The number of aryl methyl sites for hydroxylation is 1. The Hall–Kier alpha value is -2.88. The standard InChI is InChI=1S/C20H21NO3/c1-5-15(3)20(18-10-7-11-19(13-18)21(22)23)24-16(4)17-9-6-8-14(2)12-17/h6-13H,4-5H2,1-3H3/b20-15+. The molecule has 0 amide bonds. The van der Waals surface area contributed by atoms with E-state index in [1.165, 1.54) is 12.1 Å². The molecule has 0 aliphatic rings. The fourth-order valence-electron chi connectivity index (χ4n) is 2.31. The normalized spacial score (nSPS) is 11.6. The molecular formula is C20H21NO3. The maximum absolute atomic E-state index is 11.0. The molecule has 0 radical (unpaired) electrons. The summed E-state index contributed by atoms with van der Waals surface area (Å²) >= 11 is 0. The maximum Gasteiger partial charge on any atom is 0.270 e. The largest absolute Gasteiger partial charge is 0.457 e. The Balaban J connectivity index is 2.39. The molecule has 0 aromatic heterocycles. The number of nitro groups is 1. The van der Waals surface area contributed by atoms with Crippen molar-refractivity contribution in [3.63, 3.8) is 0 Å². The van der Waals surface area contributed by atoms with Crippen molar-refractivity contribution in [3.8, 4) is 0 Å². The number of allylic oxidation sites excluding steroid dienone is 1. The van der Waals surface area contributed by atoms with Gasteiger partial charge in [-0.25, -0.2) is 0 Å². The van der Waals surface area contributed by atoms with Gasteiger partial charge in [-0.05, 0) is 31.9 Å². The maximum atomic E-state index is 11.0. The first-order chi connectivity index (χ1) is 11.4. The number of ether oxygens (including phenoxy) is 1. The van der Waals surface area contributed by atoms with E-state index in [-0.39, 0.29) is 5.69 Å². The van der Waals surface area contributed by atoms with E-state index >= 15 is 0 Å². The molecule has 0 unspecified atom stereocenters. The van der Waals surface area contributed by atoms with Crippen LogP contribution in [0.2, 0.25) is 0 Å². The average Bonchev–Trinajstić information content (AvgIpc) is 2.58. The molecule has 2 aromatic carbocycles. The Labute approximate surface area is 142 Å². The van der Waals surface area contributed by atoms with Crippen molar-refractivity contribution in [1.29, 1.82) is 0 Å². The van der Waals surface area contributed by atoms with Crippen molar-refractivity contribution in [1.82, 2.24) is 0 Å². The third kappa shape index (κ3) is 4.10. The van der Waals surface area contributed by atoms with Gasteiger partial charge in [0.25, 0.3) is 5.69 Å². The highest BCUT2D eigenvalue weighted by atomic mass is 16.6. The van der Waals surface area contributed by atoms with Crippen LogP contribution in [0, 0.1) is 17.0 Å². The van der Waals surface area contributed by atoms with Crippen LogP contribution in [0.5, 0.6) is 0 Å². The molecule has 4 heteroatoms. The van der Waals surface area contributed by atoms with E-state index in [1.54, 1.807) is 6.07 Å². The van der Waals surface area contributed by atoms with Crippen LogP contribution in [0.15, 0.2) is 60.7 Å². The van der Waals surface area contributed by atoms with Gasteiger partial charge in [-0.15, -0.1) is 0 Å². The van der Waals surface area contributed by atoms with E-state index in [2.05, 4.69) is 6.58 Å². The minimum absolute atomic E-state index is 0.0404. The van der Waals surface area contributed by atoms with Crippen molar-refractivity contribution in [2.75, 3.05) is 0 Å². The summed E-state index contributed by atoms with van der Waals surface area (Å²) in [5, 5.41) is 11.0. The lowest BCUT2D eigenvalue weighted by Gasteiger charge is -2.16. The van der Waals surface area contributed by atoms with Crippen molar-refractivity contribution in [3.05, 3.63) is 87.5 Å². The summed E-state index contributed by atoms with van der Waals surface area (Å²) in [5.74, 6) is 1.14. The molecule has 24 heavy (non-hydrogen) atoms. The molecule has 0 aliphatic heterocycles. The lowest BCUT2D eigenvalue weighted by atomic mass is 10.1. The molecule has 0 saturated carbocycles. The smallest absolute Gasteiger partial charge is 0.270 e. The van der Waals surface area contributed by atoms with E-state index in [0.29, 0.717) is 17.1 Å². The molecule has 0 fully saturated rings. The lowest BCUT2D eigenvalue weighted by molar-refractivity contribution is -0.384. The van der Waals surface area contributed by atoms with E-state index < -0.39 is 4.92 Å². The molecule has 0 saturated heterocycles. The van der Waals surface area contributed by atoms with Gasteiger partial charge >= 0.3 is 0 Å². The second-order valence-corrected chi connectivity index (χ2v) is 5.67. The number of hydrogen-bond donors (Lipinski definition) is 0. The molecule has 4 nitrogen and oxygen atoms in total. The Bertz CT molecular complexity index is 806. The molecule has 2 rings (SSSR count). The third-order valence-electron chi connectivity index (χ3n) is 3.80. The minimum Gasteiger partial charge on any atom is -0.457 e. The van der Waals surface area contributed by atoms with Gasteiger partial charge in [0.2, 0.25) is 0 Å². The van der Waals surface area contributed by atoms with Crippen molar-refractivity contribution < 1.29 is 9.66 Å². The summed E-state index contributed by atoms with van der Waals surface area (Å²) in [5.41, 5.74) is 3.73. The zero-order valence-electron chi connectivity index (χ0n) is 14.2. The van der Waals surface area contributed by atoms with Crippen LogP contribution in [0.25, 0.3) is 11.5 Å². The fourth-order valence-corrected chi connectivity index (χ4v) is 2.31. The molecule has 0 aliphatic carbocycles. The Morgan fingerprint density at radius 3 is 2.46 bits per heavy atom. The molecule has 2 aromatic rings. The first-order valence-corrected chi connectivity index (χ1v) is 7.80. The van der Waals surface area contributed by atoms with Crippen LogP contribution in [0.1, 0.15) is 37.0 Å². The molecule has 0 heterocycles. The van der Waals surface area contributed by atoms with Crippen LogP contribution >= 0.6 is 0 Å². The highest BCUT2D eigenvalue weighted by Gasteiger charge is 2.14. The number of nitro benzene ring substituents is 1. The predicted molar refractivity (Wildman–Crippen MR) is 97.3 cm³/mol. The van der Waals surface area contributed by atoms with E-state index in [9.17, 15) is 10.1 Å². The topological polar surface area (TPSA) is 52.4 Å². The average molecular weight is 323 g/mol. The lowest BCUT2D eigenvalue weighted by Crippen LogP contribution is -1.97. The van der Waals surface area contributed by atoms with Crippen LogP contribution in [0.3, 0.4) is 0 Å². The molecular weight excluding hydrogens is 302 g/mol. The zero-order valence-corrected chi connectivity index (χ0v) is 14.2. The van der Waals surface area contributed by atoms with E-state index in [4.69, 9.17) is 4.74 Å².